The third-order valence-corrected chi connectivity index (χ3v) is 6.74. The Morgan fingerprint density at radius 3 is 2.83 bits per heavy atom. The molecule has 0 saturated carbocycles. The van der Waals surface area contributed by atoms with E-state index in [0.717, 1.165) is 10.0 Å². The molecule has 120 valence electrons. The highest BCUT2D eigenvalue weighted by atomic mass is 79.9. The van der Waals surface area contributed by atoms with Gasteiger partial charge in [-0.1, -0.05) is 39.3 Å². The summed E-state index contributed by atoms with van der Waals surface area (Å²) in [5.41, 5.74) is 0.790. The lowest BCUT2D eigenvalue weighted by atomic mass is 10.2. The summed E-state index contributed by atoms with van der Waals surface area (Å²) in [6.07, 6.45) is 0. The number of thiophene rings is 1. The number of benzene rings is 1. The minimum absolute atomic E-state index is 0.0151. The van der Waals surface area contributed by atoms with Gasteiger partial charge in [-0.15, -0.1) is 11.3 Å². The van der Waals surface area contributed by atoms with Crippen molar-refractivity contribution in [2.45, 2.75) is 10.8 Å². The van der Waals surface area contributed by atoms with Crippen molar-refractivity contribution in [2.75, 3.05) is 7.05 Å². The molecule has 0 unspecified atom stereocenters. The lowest BCUT2D eigenvalue weighted by Crippen LogP contribution is -2.25. The first-order valence-corrected chi connectivity index (χ1v) is 9.66. The molecular formula is C14H12BrN3O3S2. The number of nitrogens with zero attached hydrogens (tertiary/aromatic N) is 3. The van der Waals surface area contributed by atoms with E-state index >= 15 is 0 Å². The summed E-state index contributed by atoms with van der Waals surface area (Å²) in [5, 5.41) is 5.62. The molecular weight excluding hydrogens is 402 g/mol. The highest BCUT2D eigenvalue weighted by molar-refractivity contribution is 9.10. The standard InChI is InChI=1S/C14H12BrN3O3S2/c1-18(23(19,20)13-6-3-7-22-13)9-12-16-14(17-21-12)10-4-2-5-11(15)8-10/h2-8H,9H2,1H3. The zero-order chi connectivity index (χ0) is 16.4. The van der Waals surface area contributed by atoms with Crippen molar-refractivity contribution < 1.29 is 12.9 Å². The molecule has 0 fully saturated rings. The van der Waals surface area contributed by atoms with Gasteiger partial charge < -0.3 is 4.52 Å². The first-order chi connectivity index (χ1) is 11.0. The van der Waals surface area contributed by atoms with Crippen molar-refractivity contribution in [3.05, 3.63) is 52.1 Å². The van der Waals surface area contributed by atoms with E-state index in [1.54, 1.807) is 17.5 Å². The number of aromatic nitrogens is 2. The lowest BCUT2D eigenvalue weighted by Gasteiger charge is -2.13. The minimum Gasteiger partial charge on any atom is -0.338 e. The maximum Gasteiger partial charge on any atom is 0.252 e. The van der Waals surface area contributed by atoms with Crippen LogP contribution in [0.3, 0.4) is 0 Å². The first-order valence-electron chi connectivity index (χ1n) is 6.55. The average molecular weight is 414 g/mol. The normalized spacial score (nSPS) is 12.0. The Bertz CT molecular complexity index is 907. The number of halogens is 1. The van der Waals surface area contributed by atoms with E-state index in [9.17, 15) is 8.42 Å². The first kappa shape index (κ1) is 16.3. The number of rotatable bonds is 5. The summed E-state index contributed by atoms with van der Waals surface area (Å²) in [4.78, 5) is 4.26. The van der Waals surface area contributed by atoms with Crippen LogP contribution in [0.4, 0.5) is 0 Å². The summed E-state index contributed by atoms with van der Waals surface area (Å²) in [5.74, 6) is 0.658. The third kappa shape index (κ3) is 3.52. The molecule has 0 radical (unpaired) electrons. The number of hydrogen-bond acceptors (Lipinski definition) is 6. The van der Waals surface area contributed by atoms with Crippen molar-refractivity contribution in [1.82, 2.24) is 14.4 Å². The van der Waals surface area contributed by atoms with Gasteiger partial charge >= 0.3 is 0 Å². The van der Waals surface area contributed by atoms with Crippen LogP contribution in [0.25, 0.3) is 11.4 Å². The van der Waals surface area contributed by atoms with Gasteiger partial charge in [0.2, 0.25) is 11.7 Å². The predicted octanol–water partition coefficient (Wildman–Crippen LogP) is 3.38. The molecule has 0 aliphatic carbocycles. The van der Waals surface area contributed by atoms with Gasteiger partial charge in [-0.25, -0.2) is 8.42 Å². The van der Waals surface area contributed by atoms with Gasteiger partial charge in [-0.2, -0.15) is 9.29 Å². The largest absolute Gasteiger partial charge is 0.338 e. The summed E-state index contributed by atoms with van der Waals surface area (Å²) >= 11 is 4.55. The Morgan fingerprint density at radius 1 is 1.30 bits per heavy atom. The van der Waals surface area contributed by atoms with Crippen molar-refractivity contribution in [3.8, 4) is 11.4 Å². The predicted molar refractivity (Wildman–Crippen MR) is 90.4 cm³/mol. The highest BCUT2D eigenvalue weighted by Gasteiger charge is 2.24. The summed E-state index contributed by atoms with van der Waals surface area (Å²) < 4.78 is 32.3. The van der Waals surface area contributed by atoms with Gasteiger partial charge in [0, 0.05) is 17.1 Å². The number of hydrogen-bond donors (Lipinski definition) is 0. The van der Waals surface area contributed by atoms with Crippen LogP contribution in [0.15, 0.2) is 55.0 Å². The van der Waals surface area contributed by atoms with Gasteiger partial charge in [0.15, 0.2) is 0 Å². The molecule has 3 aromatic rings. The van der Waals surface area contributed by atoms with Crippen LogP contribution in [-0.4, -0.2) is 29.9 Å². The molecule has 1 aromatic carbocycles. The second-order valence-corrected chi connectivity index (χ2v) is 8.85. The Hall–Kier alpha value is -1.55. The second kappa shape index (κ2) is 6.52. The highest BCUT2D eigenvalue weighted by Crippen LogP contribution is 2.23. The van der Waals surface area contributed by atoms with Crippen molar-refractivity contribution in [2.24, 2.45) is 0 Å². The van der Waals surface area contributed by atoms with Gasteiger partial charge in [-0.3, -0.25) is 0 Å². The van der Waals surface area contributed by atoms with E-state index in [0.29, 0.717) is 5.82 Å². The van der Waals surface area contributed by atoms with Crippen LogP contribution in [0.5, 0.6) is 0 Å². The van der Waals surface area contributed by atoms with Crippen LogP contribution in [0.1, 0.15) is 5.89 Å². The fourth-order valence-corrected chi connectivity index (χ4v) is 4.62. The van der Waals surface area contributed by atoms with Crippen LogP contribution in [0.2, 0.25) is 0 Å². The van der Waals surface area contributed by atoms with Crippen LogP contribution >= 0.6 is 27.3 Å². The summed E-state index contributed by atoms with van der Waals surface area (Å²) in [7, 11) is -2.06. The summed E-state index contributed by atoms with van der Waals surface area (Å²) in [6.45, 7) is 0.0151. The molecule has 0 saturated heterocycles. The molecule has 3 rings (SSSR count). The molecule has 0 aliphatic rings. The van der Waals surface area contributed by atoms with Gasteiger partial charge in [0.25, 0.3) is 10.0 Å². The van der Waals surface area contributed by atoms with E-state index in [1.807, 2.05) is 24.3 Å². The molecule has 9 heteroatoms. The van der Waals surface area contributed by atoms with E-state index in [1.165, 1.54) is 22.7 Å². The quantitative estimate of drug-likeness (QED) is 0.640. The molecule has 0 atom stereocenters. The molecule has 2 aromatic heterocycles. The van der Waals surface area contributed by atoms with Crippen molar-refractivity contribution in [1.29, 1.82) is 0 Å². The minimum atomic E-state index is -3.54. The molecule has 23 heavy (non-hydrogen) atoms. The fourth-order valence-electron chi connectivity index (χ4n) is 1.90. The van der Waals surface area contributed by atoms with E-state index in [-0.39, 0.29) is 16.6 Å². The molecule has 0 N–H and O–H groups in total. The molecule has 6 nitrogen and oxygen atoms in total. The van der Waals surface area contributed by atoms with E-state index in [2.05, 4.69) is 26.1 Å². The zero-order valence-electron chi connectivity index (χ0n) is 12.0. The van der Waals surface area contributed by atoms with Gasteiger partial charge in [-0.05, 0) is 23.6 Å². The molecule has 0 bridgehead atoms. The monoisotopic (exact) mass is 413 g/mol. The smallest absolute Gasteiger partial charge is 0.252 e. The van der Waals surface area contributed by atoms with Gasteiger partial charge in [0.1, 0.15) is 4.21 Å². The van der Waals surface area contributed by atoms with Crippen LogP contribution in [0, 0.1) is 0 Å². The maximum atomic E-state index is 12.4. The molecule has 0 amide bonds. The van der Waals surface area contributed by atoms with Crippen molar-refractivity contribution in [3.63, 3.8) is 0 Å². The third-order valence-electron chi connectivity index (χ3n) is 3.07. The number of sulfonamides is 1. The Balaban J connectivity index is 1.79. The molecule has 2 heterocycles. The Morgan fingerprint density at radius 2 is 2.13 bits per heavy atom. The zero-order valence-corrected chi connectivity index (χ0v) is 15.2. The lowest BCUT2D eigenvalue weighted by molar-refractivity contribution is 0.337. The Kier molecular flexibility index (Phi) is 4.62. The van der Waals surface area contributed by atoms with Crippen LogP contribution in [-0.2, 0) is 16.6 Å². The molecule has 0 aliphatic heterocycles. The topological polar surface area (TPSA) is 76.3 Å². The van der Waals surface area contributed by atoms with Crippen LogP contribution < -0.4 is 0 Å². The Labute approximate surface area is 145 Å². The average Bonchev–Trinajstić information content (AvgIpc) is 3.19. The summed E-state index contributed by atoms with van der Waals surface area (Å²) in [6, 6.07) is 10.7. The van der Waals surface area contributed by atoms with Crippen molar-refractivity contribution >= 4 is 37.3 Å². The SMILES string of the molecule is CN(Cc1nc(-c2cccc(Br)c2)no1)S(=O)(=O)c1cccs1. The molecule has 0 spiro atoms. The van der Waals surface area contributed by atoms with E-state index < -0.39 is 10.0 Å². The van der Waals surface area contributed by atoms with E-state index in [4.69, 9.17) is 4.52 Å². The fraction of sp³-hybridized carbons (Fsp3) is 0.143. The van der Waals surface area contributed by atoms with Gasteiger partial charge in [0.05, 0.1) is 6.54 Å². The maximum absolute atomic E-state index is 12.4. The second-order valence-electron chi connectivity index (χ2n) is 4.72.